The summed E-state index contributed by atoms with van der Waals surface area (Å²) in [6, 6.07) is 13.7. The highest BCUT2D eigenvalue weighted by molar-refractivity contribution is 8.14. The number of nitrogens with zero attached hydrogens (tertiary/aromatic N) is 3. The van der Waals surface area contributed by atoms with Crippen molar-refractivity contribution in [3.63, 3.8) is 0 Å². The molecule has 1 aliphatic rings. The Morgan fingerprint density at radius 2 is 2.04 bits per heavy atom. The molecule has 3 aromatic rings. The van der Waals surface area contributed by atoms with Crippen LogP contribution in [0.3, 0.4) is 0 Å². The second-order valence-corrected chi connectivity index (χ2v) is 7.02. The van der Waals surface area contributed by atoms with Gasteiger partial charge in [-0.15, -0.1) is 5.10 Å². The molecule has 0 atom stereocenters. The van der Waals surface area contributed by atoms with Gasteiger partial charge in [-0.2, -0.15) is 10.2 Å². The molecular weight excluding hydrogens is 348 g/mol. The highest BCUT2D eigenvalue weighted by atomic mass is 32.2. The van der Waals surface area contributed by atoms with Gasteiger partial charge in [0.05, 0.1) is 11.3 Å². The molecule has 0 radical (unpaired) electrons. The Morgan fingerprint density at radius 1 is 1.19 bits per heavy atom. The first kappa shape index (κ1) is 16.5. The number of rotatable bonds is 2. The molecule has 4 rings (SSSR count). The third-order valence-corrected chi connectivity index (χ3v) is 4.79. The van der Waals surface area contributed by atoms with E-state index in [9.17, 15) is 4.79 Å². The van der Waals surface area contributed by atoms with Crippen molar-refractivity contribution >= 4 is 50.1 Å². The smallest absolute Gasteiger partial charge is 0.345 e. The Bertz CT molecular complexity index is 1160. The van der Waals surface area contributed by atoms with Crippen LogP contribution in [0.2, 0.25) is 0 Å². The van der Waals surface area contributed by atoms with Crippen molar-refractivity contribution in [3.8, 4) is 0 Å². The number of hydrogen-bond acceptors (Lipinski definition) is 6. The molecule has 0 fully saturated rings. The van der Waals surface area contributed by atoms with Gasteiger partial charge < -0.3 is 4.42 Å². The molecule has 1 aliphatic heterocycles. The van der Waals surface area contributed by atoms with Crippen LogP contribution in [0.1, 0.15) is 19.4 Å². The highest BCUT2D eigenvalue weighted by Gasteiger charge is 2.18. The molecule has 26 heavy (non-hydrogen) atoms. The van der Waals surface area contributed by atoms with Crippen LogP contribution >= 0.6 is 11.8 Å². The molecule has 1 aromatic heterocycles. The van der Waals surface area contributed by atoms with Gasteiger partial charge in [0.1, 0.15) is 5.58 Å². The minimum Gasteiger partial charge on any atom is -0.422 e. The minimum absolute atomic E-state index is 0.392. The van der Waals surface area contributed by atoms with Crippen LogP contribution in [0.25, 0.3) is 21.7 Å². The van der Waals surface area contributed by atoms with Crippen molar-refractivity contribution in [1.82, 2.24) is 5.43 Å². The lowest BCUT2D eigenvalue weighted by atomic mass is 10.0. The monoisotopic (exact) mass is 364 g/mol. The Morgan fingerprint density at radius 3 is 2.81 bits per heavy atom. The van der Waals surface area contributed by atoms with Crippen LogP contribution < -0.4 is 11.1 Å². The van der Waals surface area contributed by atoms with E-state index in [1.165, 1.54) is 11.8 Å². The van der Waals surface area contributed by atoms with E-state index in [-0.39, 0.29) is 0 Å². The van der Waals surface area contributed by atoms with E-state index in [1.807, 2.05) is 56.3 Å². The zero-order valence-corrected chi connectivity index (χ0v) is 15.1. The first-order valence-corrected chi connectivity index (χ1v) is 9.10. The molecule has 0 saturated carbocycles. The quantitative estimate of drug-likeness (QED) is 0.325. The van der Waals surface area contributed by atoms with Gasteiger partial charge in [-0.05, 0) is 36.8 Å². The molecule has 130 valence electrons. The van der Waals surface area contributed by atoms with Gasteiger partial charge in [-0.3, -0.25) is 5.43 Å². The minimum atomic E-state index is -0.392. The van der Waals surface area contributed by atoms with Gasteiger partial charge in [-0.25, -0.2) is 4.79 Å². The number of hydrogen-bond donors (Lipinski definition) is 1. The lowest BCUT2D eigenvalue weighted by molar-refractivity contribution is 0.559. The predicted octanol–water partition coefficient (Wildman–Crippen LogP) is 3.74. The normalized spacial score (nSPS) is 15.8. The van der Waals surface area contributed by atoms with Gasteiger partial charge in [0, 0.05) is 16.9 Å². The number of nitrogens with one attached hydrogen (secondary N) is 1. The summed E-state index contributed by atoms with van der Waals surface area (Å²) in [6.45, 7) is 3.74. The second kappa shape index (κ2) is 6.76. The van der Waals surface area contributed by atoms with Crippen molar-refractivity contribution in [2.24, 2.45) is 15.3 Å². The summed E-state index contributed by atoms with van der Waals surface area (Å²) in [4.78, 5) is 12.4. The fourth-order valence-corrected chi connectivity index (χ4v) is 3.43. The summed E-state index contributed by atoms with van der Waals surface area (Å²) in [5.74, 6) is 0.519. The van der Waals surface area contributed by atoms with Crippen molar-refractivity contribution in [2.75, 3.05) is 5.75 Å². The summed E-state index contributed by atoms with van der Waals surface area (Å²) >= 11 is 1.45. The van der Waals surface area contributed by atoms with Gasteiger partial charge in [0.25, 0.3) is 0 Å². The molecule has 1 N–H and O–H groups in total. The summed E-state index contributed by atoms with van der Waals surface area (Å²) < 4.78 is 5.53. The Labute approximate surface area is 153 Å². The van der Waals surface area contributed by atoms with Crippen LogP contribution in [-0.2, 0) is 0 Å². The van der Waals surface area contributed by atoms with Crippen LogP contribution in [0.4, 0.5) is 0 Å². The second-order valence-electron chi connectivity index (χ2n) is 6.06. The average Bonchev–Trinajstić information content (AvgIpc) is 2.66. The average molecular weight is 364 g/mol. The zero-order chi connectivity index (χ0) is 18.1. The van der Waals surface area contributed by atoms with Crippen molar-refractivity contribution in [3.05, 3.63) is 58.4 Å². The van der Waals surface area contributed by atoms with E-state index in [2.05, 4.69) is 20.7 Å². The largest absolute Gasteiger partial charge is 0.422 e. The standard InChI is InChI=1S/C19H16N4O2S/c1-11(2)20-22-19-23-21-16(10-26-19)15-9-14-13-6-4-3-5-12(13)7-8-17(14)25-18(15)24/h3-9H,10H2,1-2H3,(H,22,23). The topological polar surface area (TPSA) is 79.3 Å². The zero-order valence-electron chi connectivity index (χ0n) is 14.3. The van der Waals surface area contributed by atoms with Gasteiger partial charge in [0.15, 0.2) is 0 Å². The van der Waals surface area contributed by atoms with Crippen molar-refractivity contribution < 1.29 is 4.42 Å². The molecule has 2 aromatic carbocycles. The Kier molecular flexibility index (Phi) is 4.30. The van der Waals surface area contributed by atoms with E-state index >= 15 is 0 Å². The summed E-state index contributed by atoms with van der Waals surface area (Å²) in [7, 11) is 0. The maximum absolute atomic E-state index is 12.4. The number of fused-ring (bicyclic) bond motifs is 3. The van der Waals surface area contributed by atoms with Crippen LogP contribution in [0.5, 0.6) is 0 Å². The third-order valence-electron chi connectivity index (χ3n) is 3.93. The van der Waals surface area contributed by atoms with E-state index in [1.54, 1.807) is 0 Å². The predicted molar refractivity (Wildman–Crippen MR) is 108 cm³/mol. The fraction of sp³-hybridized carbons (Fsp3) is 0.158. The number of benzene rings is 2. The van der Waals surface area contributed by atoms with Crippen LogP contribution in [0, 0.1) is 0 Å². The Balaban J connectivity index is 1.79. The third kappa shape index (κ3) is 3.13. The van der Waals surface area contributed by atoms with Crippen molar-refractivity contribution in [2.45, 2.75) is 13.8 Å². The SMILES string of the molecule is CC(C)=N/N=C1/NN=C(c2cc3c(ccc4ccccc43)oc2=O)CS1. The molecule has 6 nitrogen and oxygen atoms in total. The van der Waals surface area contributed by atoms with E-state index < -0.39 is 5.63 Å². The highest BCUT2D eigenvalue weighted by Crippen LogP contribution is 2.25. The molecule has 0 amide bonds. The van der Waals surface area contributed by atoms with Crippen molar-refractivity contribution in [1.29, 1.82) is 0 Å². The van der Waals surface area contributed by atoms with E-state index in [0.29, 0.717) is 27.8 Å². The van der Waals surface area contributed by atoms with Gasteiger partial charge in [-0.1, -0.05) is 42.1 Å². The summed E-state index contributed by atoms with van der Waals surface area (Å²) in [5.41, 5.74) is 4.98. The fourth-order valence-electron chi connectivity index (χ4n) is 2.72. The van der Waals surface area contributed by atoms with Gasteiger partial charge >= 0.3 is 5.63 Å². The maximum Gasteiger partial charge on any atom is 0.345 e. The van der Waals surface area contributed by atoms with E-state index in [4.69, 9.17) is 4.42 Å². The van der Waals surface area contributed by atoms with E-state index in [0.717, 1.165) is 21.9 Å². The molecule has 2 heterocycles. The summed E-state index contributed by atoms with van der Waals surface area (Å²) in [5, 5.41) is 16.0. The summed E-state index contributed by atoms with van der Waals surface area (Å²) in [6.07, 6.45) is 0. The molecule has 7 heteroatoms. The molecule has 0 aliphatic carbocycles. The molecule has 0 unspecified atom stereocenters. The lowest BCUT2D eigenvalue weighted by Crippen LogP contribution is -2.28. The molecule has 0 saturated heterocycles. The molecule has 0 bridgehead atoms. The van der Waals surface area contributed by atoms with Crippen LogP contribution in [0.15, 0.2) is 67.0 Å². The van der Waals surface area contributed by atoms with Gasteiger partial charge in [0.2, 0.25) is 5.17 Å². The van der Waals surface area contributed by atoms with Crippen LogP contribution in [-0.4, -0.2) is 22.3 Å². The Hall–Kier alpha value is -2.93. The maximum atomic E-state index is 12.4. The molecular formula is C19H16N4O2S. The number of hydrazone groups is 1. The number of amidine groups is 1. The lowest BCUT2D eigenvalue weighted by Gasteiger charge is -2.13. The molecule has 0 spiro atoms. The first-order chi connectivity index (χ1) is 12.6. The first-order valence-electron chi connectivity index (χ1n) is 8.12. The number of thioether (sulfide) groups is 1.